The minimum absolute atomic E-state index is 0.149. The van der Waals surface area contributed by atoms with Gasteiger partial charge in [0.1, 0.15) is 6.04 Å². The van der Waals surface area contributed by atoms with Crippen molar-refractivity contribution >= 4 is 16.6 Å². The van der Waals surface area contributed by atoms with E-state index >= 15 is 0 Å². The van der Waals surface area contributed by atoms with Gasteiger partial charge in [-0.2, -0.15) is 0 Å². The Kier molecular flexibility index (Phi) is 4.75. The van der Waals surface area contributed by atoms with E-state index in [1.165, 1.54) is 24.8 Å². The van der Waals surface area contributed by atoms with Gasteiger partial charge < -0.3 is 19.4 Å². The number of hydrogen-bond acceptors (Lipinski definition) is 7. The summed E-state index contributed by atoms with van der Waals surface area (Å²) in [5, 5.41) is 13.9. The molecule has 0 saturated heterocycles. The van der Waals surface area contributed by atoms with Gasteiger partial charge in [-0.3, -0.25) is 4.79 Å². The fourth-order valence-corrected chi connectivity index (χ4v) is 5.86. The Bertz CT molecular complexity index is 1470. The smallest absolute Gasteiger partial charge is 0.254 e. The molecule has 2 aromatic carbocycles. The van der Waals surface area contributed by atoms with Crippen LogP contribution in [0.5, 0.6) is 11.5 Å². The van der Waals surface area contributed by atoms with Crippen molar-refractivity contribution in [2.45, 2.75) is 50.6 Å². The van der Waals surface area contributed by atoms with Crippen molar-refractivity contribution < 1.29 is 9.47 Å². The normalized spacial score (nSPS) is 18.2. The van der Waals surface area contributed by atoms with Crippen LogP contribution in [0.4, 0.5) is 5.69 Å². The molecule has 1 saturated carbocycles. The number of hydrogen-bond donors (Lipinski definition) is 1. The van der Waals surface area contributed by atoms with Crippen LogP contribution in [0.15, 0.2) is 47.3 Å². The number of aromatic nitrogens is 5. The number of tetrazole rings is 1. The fraction of sp³-hybridized carbons (Fsp3) is 0.385. The van der Waals surface area contributed by atoms with E-state index in [0.29, 0.717) is 17.1 Å². The number of anilines is 1. The maximum Gasteiger partial charge on any atom is 0.254 e. The summed E-state index contributed by atoms with van der Waals surface area (Å²) in [5.41, 5.74) is 3.59. The van der Waals surface area contributed by atoms with E-state index in [-0.39, 0.29) is 18.4 Å². The number of ether oxygens (including phenoxy) is 2. The van der Waals surface area contributed by atoms with Crippen LogP contribution in [0, 0.1) is 0 Å². The van der Waals surface area contributed by atoms with Crippen LogP contribution >= 0.6 is 0 Å². The highest BCUT2D eigenvalue weighted by Gasteiger charge is 2.36. The number of pyridine rings is 1. The van der Waals surface area contributed by atoms with E-state index in [1.54, 1.807) is 0 Å². The van der Waals surface area contributed by atoms with Gasteiger partial charge in [0.15, 0.2) is 17.3 Å². The summed E-state index contributed by atoms with van der Waals surface area (Å²) in [6.07, 6.45) is 6.62. The zero-order valence-corrected chi connectivity index (χ0v) is 19.3. The van der Waals surface area contributed by atoms with Gasteiger partial charge >= 0.3 is 0 Å². The Morgan fingerprint density at radius 1 is 1.03 bits per heavy atom. The van der Waals surface area contributed by atoms with Crippen LogP contribution in [0.25, 0.3) is 10.9 Å². The highest BCUT2D eigenvalue weighted by Crippen LogP contribution is 2.40. The number of benzene rings is 2. The molecule has 7 rings (SSSR count). The summed E-state index contributed by atoms with van der Waals surface area (Å²) in [6, 6.07) is 13.9. The first-order valence-electron chi connectivity index (χ1n) is 12.3. The third-order valence-corrected chi connectivity index (χ3v) is 7.58. The number of fused-ring (bicyclic) bond motifs is 3. The van der Waals surface area contributed by atoms with Crippen molar-refractivity contribution in [2.24, 2.45) is 0 Å². The van der Waals surface area contributed by atoms with Crippen LogP contribution in [0.3, 0.4) is 0 Å². The maximum absolute atomic E-state index is 13.6. The van der Waals surface area contributed by atoms with Crippen LogP contribution in [0.2, 0.25) is 0 Å². The molecule has 0 radical (unpaired) electrons. The zero-order valence-electron chi connectivity index (χ0n) is 19.3. The SMILES string of the molecule is O=c1[nH]c2cc3c(cc2cc1C(c1nnnn1C1CCCCC1)N1CCc2ccccc21)OCO3. The molecule has 4 heterocycles. The minimum atomic E-state index is -0.408. The van der Waals surface area contributed by atoms with E-state index in [9.17, 15) is 4.79 Å². The molecule has 4 aromatic rings. The topological polar surface area (TPSA) is 98.2 Å². The number of aromatic amines is 1. The predicted molar refractivity (Wildman–Crippen MR) is 130 cm³/mol. The number of para-hydroxylation sites is 1. The molecule has 2 aromatic heterocycles. The van der Waals surface area contributed by atoms with Crippen molar-refractivity contribution in [3.05, 3.63) is 69.8 Å². The third kappa shape index (κ3) is 3.37. The van der Waals surface area contributed by atoms with Crippen LogP contribution in [-0.4, -0.2) is 38.5 Å². The molecule has 1 aliphatic carbocycles. The summed E-state index contributed by atoms with van der Waals surface area (Å²) in [4.78, 5) is 19.0. The van der Waals surface area contributed by atoms with Crippen LogP contribution in [0.1, 0.15) is 61.1 Å². The zero-order chi connectivity index (χ0) is 23.4. The van der Waals surface area contributed by atoms with Gasteiger partial charge in [-0.1, -0.05) is 37.5 Å². The fourth-order valence-electron chi connectivity index (χ4n) is 5.86. The van der Waals surface area contributed by atoms with Crippen molar-refractivity contribution in [3.8, 4) is 11.5 Å². The standard InChI is InChI=1S/C26H26N6O3/c33-26-19(12-17-13-22-23(35-15-34-22)14-20(17)27-26)24(31-11-10-16-6-4-5-9-21(16)31)25-28-29-30-32(25)18-7-2-1-3-8-18/h4-6,9,12-14,18,24H,1-3,7-8,10-11,15H2,(H,27,33). The van der Waals surface area contributed by atoms with Crippen molar-refractivity contribution in [1.29, 1.82) is 0 Å². The molecule has 1 N–H and O–H groups in total. The van der Waals surface area contributed by atoms with Crippen LogP contribution in [-0.2, 0) is 6.42 Å². The van der Waals surface area contributed by atoms with Gasteiger partial charge in [-0.05, 0) is 53.5 Å². The lowest BCUT2D eigenvalue weighted by Gasteiger charge is -2.31. The van der Waals surface area contributed by atoms with E-state index in [1.807, 2.05) is 28.9 Å². The quantitative estimate of drug-likeness (QED) is 0.483. The van der Waals surface area contributed by atoms with Gasteiger partial charge in [0.2, 0.25) is 6.79 Å². The minimum Gasteiger partial charge on any atom is -0.454 e. The van der Waals surface area contributed by atoms with Crippen molar-refractivity contribution in [3.63, 3.8) is 0 Å². The molecule has 0 spiro atoms. The molecule has 9 heteroatoms. The summed E-state index contributed by atoms with van der Waals surface area (Å²) in [5.74, 6) is 2.05. The summed E-state index contributed by atoms with van der Waals surface area (Å²) >= 11 is 0. The Morgan fingerprint density at radius 2 is 1.86 bits per heavy atom. The lowest BCUT2D eigenvalue weighted by Crippen LogP contribution is -2.35. The molecule has 35 heavy (non-hydrogen) atoms. The maximum atomic E-state index is 13.6. The molecule has 0 amide bonds. The molecule has 0 bridgehead atoms. The Labute approximate surface area is 201 Å². The first kappa shape index (κ1) is 20.5. The number of rotatable bonds is 4. The Balaban J connectivity index is 1.41. The van der Waals surface area contributed by atoms with E-state index in [2.05, 4.69) is 43.6 Å². The van der Waals surface area contributed by atoms with E-state index in [0.717, 1.165) is 48.2 Å². The average molecular weight is 471 g/mol. The number of nitrogens with one attached hydrogen (secondary N) is 1. The van der Waals surface area contributed by atoms with Gasteiger partial charge in [0.25, 0.3) is 5.56 Å². The predicted octanol–water partition coefficient (Wildman–Crippen LogP) is 3.90. The molecular weight excluding hydrogens is 444 g/mol. The Hall–Kier alpha value is -3.88. The van der Waals surface area contributed by atoms with Gasteiger partial charge in [-0.15, -0.1) is 5.10 Å². The number of nitrogens with zero attached hydrogens (tertiary/aromatic N) is 5. The second kappa shape index (κ2) is 8.11. The molecule has 9 nitrogen and oxygen atoms in total. The third-order valence-electron chi connectivity index (χ3n) is 7.58. The lowest BCUT2D eigenvalue weighted by atomic mass is 9.95. The molecular formula is C26H26N6O3. The summed E-state index contributed by atoms with van der Waals surface area (Å²) in [7, 11) is 0. The first-order valence-corrected chi connectivity index (χ1v) is 12.3. The van der Waals surface area contributed by atoms with E-state index in [4.69, 9.17) is 9.47 Å². The molecule has 3 aliphatic rings. The number of H-pyrrole nitrogens is 1. The molecule has 1 fully saturated rings. The molecule has 178 valence electrons. The summed E-state index contributed by atoms with van der Waals surface area (Å²) in [6.45, 7) is 0.978. The van der Waals surface area contributed by atoms with Crippen molar-refractivity contribution in [2.75, 3.05) is 18.2 Å². The van der Waals surface area contributed by atoms with Gasteiger partial charge in [0.05, 0.1) is 11.6 Å². The van der Waals surface area contributed by atoms with Gasteiger partial charge in [0, 0.05) is 29.2 Å². The van der Waals surface area contributed by atoms with Crippen LogP contribution < -0.4 is 19.9 Å². The highest BCUT2D eigenvalue weighted by atomic mass is 16.7. The second-order valence-electron chi connectivity index (χ2n) is 9.59. The average Bonchev–Trinajstić information content (AvgIpc) is 3.64. The van der Waals surface area contributed by atoms with Gasteiger partial charge in [-0.25, -0.2) is 4.68 Å². The lowest BCUT2D eigenvalue weighted by molar-refractivity contribution is 0.174. The monoisotopic (exact) mass is 470 g/mol. The largest absolute Gasteiger partial charge is 0.454 e. The first-order chi connectivity index (χ1) is 17.3. The highest BCUT2D eigenvalue weighted by molar-refractivity contribution is 5.83. The molecule has 2 aliphatic heterocycles. The molecule has 1 unspecified atom stereocenters. The molecule has 1 atom stereocenters. The second-order valence-corrected chi connectivity index (χ2v) is 9.59. The van der Waals surface area contributed by atoms with Crippen molar-refractivity contribution in [1.82, 2.24) is 25.2 Å². The van der Waals surface area contributed by atoms with E-state index < -0.39 is 6.04 Å². The Morgan fingerprint density at radius 3 is 2.74 bits per heavy atom. The summed E-state index contributed by atoms with van der Waals surface area (Å²) < 4.78 is 13.1.